The molecule has 0 spiro atoms. The SMILES string of the molecule is Cc1ccccc1C(C)Oc1nc(-c2cc(F)cc(OCC(C)C)c2)ccc1C(=O)NS(=O)(=O)c1ccccn1. The molecule has 0 radical (unpaired) electrons. The highest BCUT2D eigenvalue weighted by molar-refractivity contribution is 7.90. The van der Waals surface area contributed by atoms with E-state index >= 15 is 0 Å². The van der Waals surface area contributed by atoms with Gasteiger partial charge < -0.3 is 9.47 Å². The molecule has 0 fully saturated rings. The number of ether oxygens (including phenoxy) is 2. The molecule has 2 aromatic heterocycles. The minimum absolute atomic E-state index is 0.114. The molecule has 0 aliphatic rings. The third kappa shape index (κ3) is 7.01. The van der Waals surface area contributed by atoms with Crippen LogP contribution in [0, 0.1) is 18.7 Å². The molecule has 208 valence electrons. The topological polar surface area (TPSA) is 107 Å². The number of hydrogen-bond donors (Lipinski definition) is 1. The van der Waals surface area contributed by atoms with E-state index in [1.54, 1.807) is 19.1 Å². The van der Waals surface area contributed by atoms with Crippen molar-refractivity contribution >= 4 is 15.9 Å². The van der Waals surface area contributed by atoms with Gasteiger partial charge in [0.05, 0.1) is 12.3 Å². The molecule has 1 unspecified atom stereocenters. The number of nitrogens with zero attached hydrogens (tertiary/aromatic N) is 2. The first-order valence-electron chi connectivity index (χ1n) is 12.7. The summed E-state index contributed by atoms with van der Waals surface area (Å²) >= 11 is 0. The van der Waals surface area contributed by atoms with Crippen LogP contribution in [0.5, 0.6) is 11.6 Å². The van der Waals surface area contributed by atoms with Crippen LogP contribution in [0.15, 0.2) is 84.0 Å². The van der Waals surface area contributed by atoms with E-state index in [1.165, 1.54) is 42.6 Å². The molecule has 0 aliphatic heterocycles. The van der Waals surface area contributed by atoms with Gasteiger partial charge in [-0.2, -0.15) is 8.42 Å². The molecule has 1 amide bonds. The van der Waals surface area contributed by atoms with Crippen molar-refractivity contribution in [3.05, 3.63) is 102 Å². The molecule has 1 N–H and O–H groups in total. The Bertz CT molecular complexity index is 1610. The lowest BCUT2D eigenvalue weighted by Crippen LogP contribution is -2.31. The van der Waals surface area contributed by atoms with Crippen molar-refractivity contribution in [1.82, 2.24) is 14.7 Å². The summed E-state index contributed by atoms with van der Waals surface area (Å²) in [6.45, 7) is 8.10. The van der Waals surface area contributed by atoms with Gasteiger partial charge in [-0.05, 0) is 67.3 Å². The van der Waals surface area contributed by atoms with Crippen LogP contribution < -0.4 is 14.2 Å². The Balaban J connectivity index is 1.73. The van der Waals surface area contributed by atoms with E-state index < -0.39 is 27.9 Å². The zero-order valence-corrected chi connectivity index (χ0v) is 23.4. The van der Waals surface area contributed by atoms with Crippen LogP contribution in [-0.2, 0) is 10.0 Å². The highest BCUT2D eigenvalue weighted by Crippen LogP contribution is 2.31. The van der Waals surface area contributed by atoms with Crippen LogP contribution in [0.1, 0.15) is 48.4 Å². The van der Waals surface area contributed by atoms with Gasteiger partial charge in [-0.1, -0.05) is 44.2 Å². The molecule has 1 atom stereocenters. The summed E-state index contributed by atoms with van der Waals surface area (Å²) in [6, 6.07) is 19.0. The largest absolute Gasteiger partial charge is 0.493 e. The Labute approximate surface area is 233 Å². The Hall–Kier alpha value is -4.31. The van der Waals surface area contributed by atoms with Crippen molar-refractivity contribution in [3.8, 4) is 22.9 Å². The van der Waals surface area contributed by atoms with E-state index in [1.807, 2.05) is 49.8 Å². The fourth-order valence-electron chi connectivity index (χ4n) is 3.93. The van der Waals surface area contributed by atoms with Gasteiger partial charge in [0.1, 0.15) is 23.2 Å². The Morgan fingerprint density at radius 3 is 2.45 bits per heavy atom. The van der Waals surface area contributed by atoms with Gasteiger partial charge >= 0.3 is 0 Å². The lowest BCUT2D eigenvalue weighted by molar-refractivity contribution is 0.0973. The van der Waals surface area contributed by atoms with Crippen molar-refractivity contribution in [1.29, 1.82) is 0 Å². The van der Waals surface area contributed by atoms with Gasteiger partial charge in [0.25, 0.3) is 15.9 Å². The van der Waals surface area contributed by atoms with Crippen molar-refractivity contribution in [2.24, 2.45) is 5.92 Å². The molecule has 10 heteroatoms. The highest BCUT2D eigenvalue weighted by atomic mass is 32.2. The first kappa shape index (κ1) is 28.7. The fourth-order valence-corrected chi connectivity index (χ4v) is 4.85. The van der Waals surface area contributed by atoms with Gasteiger partial charge in [0, 0.05) is 17.8 Å². The minimum atomic E-state index is -4.26. The maximum absolute atomic E-state index is 14.5. The summed E-state index contributed by atoms with van der Waals surface area (Å²) in [7, 11) is -4.26. The number of sulfonamides is 1. The van der Waals surface area contributed by atoms with Gasteiger partial charge in [-0.3, -0.25) is 4.79 Å². The zero-order chi connectivity index (χ0) is 28.9. The molecule has 4 rings (SSSR count). The number of nitrogens with one attached hydrogen (secondary N) is 1. The molecule has 2 aromatic carbocycles. The maximum Gasteiger partial charge on any atom is 0.281 e. The van der Waals surface area contributed by atoms with Crippen molar-refractivity contribution < 1.29 is 27.1 Å². The number of aromatic nitrogens is 2. The maximum atomic E-state index is 14.5. The third-order valence-electron chi connectivity index (χ3n) is 5.91. The average Bonchev–Trinajstić information content (AvgIpc) is 2.92. The molecule has 0 bridgehead atoms. The van der Waals surface area contributed by atoms with E-state index in [4.69, 9.17) is 9.47 Å². The number of pyridine rings is 2. The molecule has 4 aromatic rings. The minimum Gasteiger partial charge on any atom is -0.493 e. The smallest absolute Gasteiger partial charge is 0.281 e. The normalized spacial score (nSPS) is 12.2. The van der Waals surface area contributed by atoms with E-state index in [-0.39, 0.29) is 22.4 Å². The van der Waals surface area contributed by atoms with Gasteiger partial charge in [-0.25, -0.2) is 19.1 Å². The quantitative estimate of drug-likeness (QED) is 0.257. The zero-order valence-electron chi connectivity index (χ0n) is 22.6. The standard InChI is InChI=1S/C30H30FN3O5S/c1-19(2)18-38-24-16-22(15-23(31)17-24)27-13-12-26(29(35)34-40(36,37)28-11-7-8-14-32-28)30(33-27)39-21(4)25-10-6-5-9-20(25)3/h5-17,19,21H,18H2,1-4H3,(H,34,35). The predicted molar refractivity (Wildman–Crippen MR) is 149 cm³/mol. The number of benzene rings is 2. The van der Waals surface area contributed by atoms with Crippen LogP contribution in [0.4, 0.5) is 4.39 Å². The van der Waals surface area contributed by atoms with Crippen LogP contribution >= 0.6 is 0 Å². The van der Waals surface area contributed by atoms with Crippen LogP contribution in [-0.4, -0.2) is 30.9 Å². The monoisotopic (exact) mass is 563 g/mol. The lowest BCUT2D eigenvalue weighted by Gasteiger charge is -2.19. The Morgan fingerprint density at radius 1 is 1.00 bits per heavy atom. The van der Waals surface area contributed by atoms with Gasteiger partial charge in [0.15, 0.2) is 5.03 Å². The summed E-state index contributed by atoms with van der Waals surface area (Å²) in [5.41, 5.74) is 2.42. The van der Waals surface area contributed by atoms with E-state index in [2.05, 4.69) is 9.97 Å². The molecule has 0 saturated heterocycles. The van der Waals surface area contributed by atoms with E-state index in [0.717, 1.165) is 11.1 Å². The first-order valence-corrected chi connectivity index (χ1v) is 14.2. The Kier molecular flexibility index (Phi) is 8.79. The number of aryl methyl sites for hydroxylation is 1. The van der Waals surface area contributed by atoms with Crippen molar-refractivity contribution in [2.45, 2.75) is 38.8 Å². The number of halogens is 1. The van der Waals surface area contributed by atoms with Crippen LogP contribution in [0.25, 0.3) is 11.3 Å². The summed E-state index contributed by atoms with van der Waals surface area (Å²) in [4.78, 5) is 21.6. The van der Waals surface area contributed by atoms with E-state index in [0.29, 0.717) is 23.6 Å². The molecule has 40 heavy (non-hydrogen) atoms. The van der Waals surface area contributed by atoms with Crippen LogP contribution in [0.3, 0.4) is 0 Å². The predicted octanol–water partition coefficient (Wildman–Crippen LogP) is 5.88. The molecule has 8 nitrogen and oxygen atoms in total. The lowest BCUT2D eigenvalue weighted by atomic mass is 10.0. The van der Waals surface area contributed by atoms with Crippen molar-refractivity contribution in [2.75, 3.05) is 6.61 Å². The Morgan fingerprint density at radius 2 is 1.75 bits per heavy atom. The average molecular weight is 564 g/mol. The van der Waals surface area contributed by atoms with E-state index in [9.17, 15) is 17.6 Å². The number of amides is 1. The van der Waals surface area contributed by atoms with Crippen molar-refractivity contribution in [3.63, 3.8) is 0 Å². The van der Waals surface area contributed by atoms with Gasteiger partial charge in [-0.15, -0.1) is 0 Å². The number of hydrogen-bond acceptors (Lipinski definition) is 7. The summed E-state index contributed by atoms with van der Waals surface area (Å²) in [5, 5.41) is -0.308. The molecule has 2 heterocycles. The second-order valence-electron chi connectivity index (χ2n) is 9.65. The summed E-state index contributed by atoms with van der Waals surface area (Å²) in [6.07, 6.45) is 0.770. The molecule has 0 saturated carbocycles. The summed E-state index contributed by atoms with van der Waals surface area (Å²) in [5.74, 6) is -0.998. The molecular weight excluding hydrogens is 533 g/mol. The van der Waals surface area contributed by atoms with Crippen LogP contribution in [0.2, 0.25) is 0 Å². The third-order valence-corrected chi connectivity index (χ3v) is 7.16. The number of carbonyl (C=O) groups is 1. The highest BCUT2D eigenvalue weighted by Gasteiger charge is 2.25. The van der Waals surface area contributed by atoms with Gasteiger partial charge in [0.2, 0.25) is 5.88 Å². The number of rotatable bonds is 10. The molecular formula is C30H30FN3O5S. The second-order valence-corrected chi connectivity index (χ2v) is 11.3. The second kappa shape index (κ2) is 12.3. The first-order chi connectivity index (χ1) is 19.0. The summed E-state index contributed by atoms with van der Waals surface area (Å²) < 4.78 is 53.9. The fraction of sp³-hybridized carbons (Fsp3) is 0.233. The number of carbonyl (C=O) groups excluding carboxylic acids is 1. The molecule has 0 aliphatic carbocycles.